The predicted molar refractivity (Wildman–Crippen MR) is 57.0 cm³/mol. The molecule has 4 nitrogen and oxygen atoms in total. The molecule has 0 unspecified atom stereocenters. The quantitative estimate of drug-likeness (QED) is 0.703. The van der Waals surface area contributed by atoms with Crippen LogP contribution in [0, 0.1) is 0 Å². The fourth-order valence-corrected chi connectivity index (χ4v) is 0.747. The molecule has 84 valence electrons. The Morgan fingerprint density at radius 1 is 1.29 bits per heavy atom. The molecule has 0 atom stereocenters. The molecule has 0 aromatic heterocycles. The SMILES string of the molecule is CC(C)(CN)NC(=O)COC(C)(C)C. The van der Waals surface area contributed by atoms with E-state index in [-0.39, 0.29) is 23.7 Å². The summed E-state index contributed by atoms with van der Waals surface area (Å²) < 4.78 is 5.33. The topological polar surface area (TPSA) is 64.3 Å². The van der Waals surface area contributed by atoms with Gasteiger partial charge in [0.1, 0.15) is 6.61 Å². The molecule has 0 rings (SSSR count). The number of hydrogen-bond donors (Lipinski definition) is 2. The van der Waals surface area contributed by atoms with Gasteiger partial charge in [-0.05, 0) is 34.6 Å². The van der Waals surface area contributed by atoms with E-state index in [1.54, 1.807) is 0 Å². The summed E-state index contributed by atoms with van der Waals surface area (Å²) in [4.78, 5) is 11.4. The van der Waals surface area contributed by atoms with Crippen molar-refractivity contribution in [1.82, 2.24) is 5.32 Å². The maximum absolute atomic E-state index is 11.4. The molecule has 14 heavy (non-hydrogen) atoms. The van der Waals surface area contributed by atoms with Gasteiger partial charge in [0.15, 0.2) is 0 Å². The summed E-state index contributed by atoms with van der Waals surface area (Å²) in [6.45, 7) is 9.97. The maximum atomic E-state index is 11.4. The van der Waals surface area contributed by atoms with E-state index < -0.39 is 0 Å². The Bertz CT molecular complexity index is 195. The first-order valence-electron chi connectivity index (χ1n) is 4.81. The average molecular weight is 202 g/mol. The number of nitrogens with one attached hydrogen (secondary N) is 1. The molecule has 0 bridgehead atoms. The van der Waals surface area contributed by atoms with Crippen LogP contribution in [0.3, 0.4) is 0 Å². The predicted octanol–water partition coefficient (Wildman–Crippen LogP) is 0.655. The van der Waals surface area contributed by atoms with Gasteiger partial charge in [-0.15, -0.1) is 0 Å². The lowest BCUT2D eigenvalue weighted by Crippen LogP contribution is -2.50. The summed E-state index contributed by atoms with van der Waals surface area (Å²) in [5.41, 5.74) is 4.83. The molecule has 4 heteroatoms. The molecule has 0 saturated heterocycles. The van der Waals surface area contributed by atoms with Crippen LogP contribution in [0.5, 0.6) is 0 Å². The second-order valence-electron chi connectivity index (χ2n) is 5.04. The first-order valence-corrected chi connectivity index (χ1v) is 4.81. The van der Waals surface area contributed by atoms with Crippen molar-refractivity contribution in [3.05, 3.63) is 0 Å². The van der Waals surface area contributed by atoms with Crippen LogP contribution >= 0.6 is 0 Å². The van der Waals surface area contributed by atoms with Crippen molar-refractivity contribution in [2.75, 3.05) is 13.2 Å². The summed E-state index contributed by atoms with van der Waals surface area (Å²) in [5.74, 6) is -0.129. The van der Waals surface area contributed by atoms with Gasteiger partial charge < -0.3 is 15.8 Å². The first-order chi connectivity index (χ1) is 6.16. The number of amides is 1. The molecule has 0 saturated carbocycles. The minimum absolute atomic E-state index is 0.0763. The molecule has 0 aliphatic carbocycles. The fourth-order valence-electron chi connectivity index (χ4n) is 0.747. The van der Waals surface area contributed by atoms with Gasteiger partial charge in [-0.1, -0.05) is 0 Å². The molecule has 0 heterocycles. The monoisotopic (exact) mass is 202 g/mol. The second kappa shape index (κ2) is 4.75. The number of rotatable bonds is 4. The summed E-state index contributed by atoms with van der Waals surface area (Å²) in [6.07, 6.45) is 0. The van der Waals surface area contributed by atoms with Crippen molar-refractivity contribution in [1.29, 1.82) is 0 Å². The van der Waals surface area contributed by atoms with Crippen LogP contribution in [0.25, 0.3) is 0 Å². The van der Waals surface area contributed by atoms with E-state index in [0.717, 1.165) is 0 Å². The Morgan fingerprint density at radius 2 is 1.79 bits per heavy atom. The standard InChI is InChI=1S/C10H22N2O2/c1-9(2,3)14-6-8(13)12-10(4,5)7-11/h6-7,11H2,1-5H3,(H,12,13). The normalized spacial score (nSPS) is 12.7. The molecule has 0 fully saturated rings. The van der Waals surface area contributed by atoms with Crippen LogP contribution in [-0.2, 0) is 9.53 Å². The molecular weight excluding hydrogens is 180 g/mol. The van der Waals surface area contributed by atoms with Gasteiger partial charge in [-0.25, -0.2) is 0 Å². The Hall–Kier alpha value is -0.610. The van der Waals surface area contributed by atoms with E-state index in [1.807, 2.05) is 34.6 Å². The van der Waals surface area contributed by atoms with Crippen LogP contribution in [0.1, 0.15) is 34.6 Å². The van der Waals surface area contributed by atoms with Crippen molar-refractivity contribution in [3.8, 4) is 0 Å². The number of carbonyl (C=O) groups excluding carboxylic acids is 1. The van der Waals surface area contributed by atoms with Gasteiger partial charge in [0.2, 0.25) is 5.91 Å². The van der Waals surface area contributed by atoms with Gasteiger partial charge in [-0.3, -0.25) is 4.79 Å². The second-order valence-corrected chi connectivity index (χ2v) is 5.04. The third-order valence-electron chi connectivity index (χ3n) is 1.62. The van der Waals surface area contributed by atoms with E-state index in [2.05, 4.69) is 5.32 Å². The third-order valence-corrected chi connectivity index (χ3v) is 1.62. The molecular formula is C10H22N2O2. The first kappa shape index (κ1) is 13.4. The fraction of sp³-hybridized carbons (Fsp3) is 0.900. The van der Waals surface area contributed by atoms with E-state index in [9.17, 15) is 4.79 Å². The highest BCUT2D eigenvalue weighted by Crippen LogP contribution is 2.06. The number of carbonyl (C=O) groups is 1. The highest BCUT2D eigenvalue weighted by molar-refractivity contribution is 5.78. The third kappa shape index (κ3) is 6.86. The van der Waals surface area contributed by atoms with Crippen LogP contribution in [-0.4, -0.2) is 30.2 Å². The van der Waals surface area contributed by atoms with Gasteiger partial charge in [0, 0.05) is 12.1 Å². The lowest BCUT2D eigenvalue weighted by atomic mass is 10.1. The van der Waals surface area contributed by atoms with Crippen molar-refractivity contribution < 1.29 is 9.53 Å². The van der Waals surface area contributed by atoms with Crippen LogP contribution in [0.4, 0.5) is 0 Å². The Labute approximate surface area is 86.2 Å². The number of ether oxygens (including phenoxy) is 1. The highest BCUT2D eigenvalue weighted by Gasteiger charge is 2.19. The van der Waals surface area contributed by atoms with E-state index in [1.165, 1.54) is 0 Å². The van der Waals surface area contributed by atoms with Crippen molar-refractivity contribution in [3.63, 3.8) is 0 Å². The van der Waals surface area contributed by atoms with Gasteiger partial charge in [0.05, 0.1) is 5.60 Å². The highest BCUT2D eigenvalue weighted by atomic mass is 16.5. The summed E-state index contributed by atoms with van der Waals surface area (Å²) in [7, 11) is 0. The minimum atomic E-state index is -0.363. The smallest absolute Gasteiger partial charge is 0.246 e. The van der Waals surface area contributed by atoms with Crippen LogP contribution < -0.4 is 11.1 Å². The summed E-state index contributed by atoms with van der Waals surface area (Å²) in [6, 6.07) is 0. The van der Waals surface area contributed by atoms with Crippen molar-refractivity contribution >= 4 is 5.91 Å². The number of hydrogen-bond acceptors (Lipinski definition) is 3. The van der Waals surface area contributed by atoms with Gasteiger partial charge in [0.25, 0.3) is 0 Å². The van der Waals surface area contributed by atoms with Crippen LogP contribution in [0.2, 0.25) is 0 Å². The Balaban J connectivity index is 3.89. The molecule has 0 aromatic rings. The lowest BCUT2D eigenvalue weighted by molar-refractivity contribution is -0.132. The van der Waals surface area contributed by atoms with Gasteiger partial charge >= 0.3 is 0 Å². The lowest BCUT2D eigenvalue weighted by Gasteiger charge is -2.25. The molecule has 1 amide bonds. The Morgan fingerprint density at radius 3 is 2.14 bits per heavy atom. The zero-order valence-electron chi connectivity index (χ0n) is 9.81. The van der Waals surface area contributed by atoms with E-state index >= 15 is 0 Å². The zero-order valence-corrected chi connectivity index (χ0v) is 9.81. The van der Waals surface area contributed by atoms with Crippen molar-refractivity contribution in [2.24, 2.45) is 5.73 Å². The molecule has 3 N–H and O–H groups in total. The van der Waals surface area contributed by atoms with E-state index in [4.69, 9.17) is 10.5 Å². The van der Waals surface area contributed by atoms with Gasteiger partial charge in [-0.2, -0.15) is 0 Å². The molecule has 0 radical (unpaired) electrons. The van der Waals surface area contributed by atoms with Crippen molar-refractivity contribution in [2.45, 2.75) is 45.8 Å². The average Bonchev–Trinajstić information content (AvgIpc) is 1.99. The molecule has 0 aromatic carbocycles. The summed E-state index contributed by atoms with van der Waals surface area (Å²) in [5, 5.41) is 2.79. The van der Waals surface area contributed by atoms with Crippen LogP contribution in [0.15, 0.2) is 0 Å². The summed E-state index contributed by atoms with van der Waals surface area (Å²) >= 11 is 0. The number of nitrogens with two attached hydrogens (primary N) is 1. The molecule has 0 aliphatic heterocycles. The Kier molecular flexibility index (Phi) is 4.55. The molecule has 0 spiro atoms. The molecule has 0 aliphatic rings. The van der Waals surface area contributed by atoms with E-state index in [0.29, 0.717) is 6.54 Å². The largest absolute Gasteiger partial charge is 0.366 e. The minimum Gasteiger partial charge on any atom is -0.366 e. The zero-order chi connectivity index (χ0) is 11.4. The maximum Gasteiger partial charge on any atom is 0.246 e.